The van der Waals surface area contributed by atoms with Crippen LogP contribution in [0.25, 0.3) is 10.9 Å². The van der Waals surface area contributed by atoms with Crippen molar-refractivity contribution >= 4 is 34.3 Å². The predicted octanol–water partition coefficient (Wildman–Crippen LogP) is 1.89. The van der Waals surface area contributed by atoms with Crippen LogP contribution in [-0.2, 0) is 9.59 Å². The second-order valence-electron chi connectivity index (χ2n) is 7.09. The van der Waals surface area contributed by atoms with Gasteiger partial charge < -0.3 is 16.0 Å². The molecule has 3 amide bonds. The Morgan fingerprint density at radius 1 is 1.20 bits per heavy atom. The van der Waals surface area contributed by atoms with Crippen molar-refractivity contribution in [2.45, 2.75) is 25.3 Å². The molecular weight excluding hydrogens is 391 g/mol. The van der Waals surface area contributed by atoms with Gasteiger partial charge in [-0.15, -0.1) is 0 Å². The number of likely N-dealkylation sites (tertiary alicyclic amines) is 1. The van der Waals surface area contributed by atoms with Crippen molar-refractivity contribution in [1.82, 2.24) is 20.1 Å². The van der Waals surface area contributed by atoms with E-state index in [0.717, 1.165) is 6.42 Å². The predicted molar refractivity (Wildman–Crippen MR) is 106 cm³/mol. The average molecular weight is 410 g/mol. The first-order chi connectivity index (χ1) is 14.5. The van der Waals surface area contributed by atoms with E-state index in [-0.39, 0.29) is 11.3 Å². The first kappa shape index (κ1) is 19.5. The van der Waals surface area contributed by atoms with Gasteiger partial charge in [0.15, 0.2) is 0 Å². The quantitative estimate of drug-likeness (QED) is 0.567. The molecule has 1 atom stereocenters. The molecule has 0 radical (unpaired) electrons. The second-order valence-corrected chi connectivity index (χ2v) is 7.09. The number of fused-ring (bicyclic) bond motifs is 1. The number of nitrogens with zero attached hydrogens (tertiary/aromatic N) is 3. The van der Waals surface area contributed by atoms with E-state index in [9.17, 15) is 14.4 Å². The minimum Gasteiger partial charge on any atom is -0.366 e. The third-order valence-corrected chi connectivity index (χ3v) is 5.19. The van der Waals surface area contributed by atoms with Gasteiger partial charge >= 0.3 is 11.8 Å². The van der Waals surface area contributed by atoms with Gasteiger partial charge in [0.1, 0.15) is 5.82 Å². The van der Waals surface area contributed by atoms with Gasteiger partial charge in [-0.25, -0.2) is 4.39 Å². The van der Waals surface area contributed by atoms with Crippen molar-refractivity contribution in [2.24, 2.45) is 5.73 Å². The average Bonchev–Trinajstić information content (AvgIpc) is 3.23. The molecule has 1 fully saturated rings. The number of amides is 3. The van der Waals surface area contributed by atoms with Crippen LogP contribution in [0.4, 0.5) is 10.1 Å². The third-order valence-electron chi connectivity index (χ3n) is 5.19. The molecular formula is C20H19FN6O3. The summed E-state index contributed by atoms with van der Waals surface area (Å²) in [5.74, 6) is -2.83. The summed E-state index contributed by atoms with van der Waals surface area (Å²) in [6.07, 6.45) is 6.02. The van der Waals surface area contributed by atoms with E-state index in [2.05, 4.69) is 20.5 Å². The largest absolute Gasteiger partial charge is 0.366 e. The van der Waals surface area contributed by atoms with Crippen LogP contribution in [0.5, 0.6) is 0 Å². The fraction of sp³-hybridized carbons (Fsp3) is 0.250. The second kappa shape index (κ2) is 7.90. The van der Waals surface area contributed by atoms with E-state index in [1.165, 1.54) is 29.6 Å². The molecule has 3 aromatic rings. The number of aromatic amines is 1. The van der Waals surface area contributed by atoms with Gasteiger partial charge in [0.05, 0.1) is 40.6 Å². The molecule has 0 bridgehead atoms. The molecule has 0 unspecified atom stereocenters. The number of rotatable bonds is 3. The Morgan fingerprint density at radius 2 is 2.03 bits per heavy atom. The molecule has 1 aromatic carbocycles. The number of halogens is 1. The zero-order valence-corrected chi connectivity index (χ0v) is 15.9. The van der Waals surface area contributed by atoms with Crippen molar-refractivity contribution in [3.05, 3.63) is 53.7 Å². The molecule has 3 heterocycles. The Balaban J connectivity index is 1.58. The van der Waals surface area contributed by atoms with E-state index in [0.29, 0.717) is 35.9 Å². The van der Waals surface area contributed by atoms with E-state index in [1.54, 1.807) is 12.1 Å². The molecule has 0 saturated carbocycles. The Hall–Kier alpha value is -3.82. The van der Waals surface area contributed by atoms with Crippen LogP contribution >= 0.6 is 0 Å². The zero-order chi connectivity index (χ0) is 21.3. The number of piperidine rings is 1. The number of benzene rings is 1. The van der Waals surface area contributed by atoms with Crippen LogP contribution in [0.2, 0.25) is 0 Å². The Kier molecular flexibility index (Phi) is 5.13. The molecule has 9 nitrogen and oxygen atoms in total. The number of H-pyrrole nitrogens is 1. The molecule has 4 N–H and O–H groups in total. The molecule has 1 aliphatic heterocycles. The van der Waals surface area contributed by atoms with Crippen LogP contribution in [-0.4, -0.2) is 44.3 Å². The molecule has 154 valence electrons. The van der Waals surface area contributed by atoms with E-state index in [1.807, 2.05) is 0 Å². The maximum atomic E-state index is 15.0. The zero-order valence-electron chi connectivity index (χ0n) is 15.9. The molecule has 10 heteroatoms. The number of hydrogen-bond donors (Lipinski definition) is 3. The SMILES string of the molecule is NC(=O)c1cncc(NC(=O)C(=O)N2CCCC[C@H]2c2ccc3[nH]ncc3c2F)c1. The normalized spacial score (nSPS) is 16.4. The van der Waals surface area contributed by atoms with Crippen molar-refractivity contribution in [2.75, 3.05) is 11.9 Å². The van der Waals surface area contributed by atoms with Crippen molar-refractivity contribution in [3.8, 4) is 0 Å². The number of hydrogen-bond acceptors (Lipinski definition) is 5. The van der Waals surface area contributed by atoms with E-state index < -0.39 is 29.6 Å². The van der Waals surface area contributed by atoms with Crippen molar-refractivity contribution in [1.29, 1.82) is 0 Å². The van der Waals surface area contributed by atoms with Crippen LogP contribution in [0.15, 0.2) is 36.8 Å². The highest BCUT2D eigenvalue weighted by Crippen LogP contribution is 2.34. The highest BCUT2D eigenvalue weighted by Gasteiger charge is 2.33. The molecule has 2 aromatic heterocycles. The maximum Gasteiger partial charge on any atom is 0.313 e. The Labute approximate surface area is 170 Å². The van der Waals surface area contributed by atoms with Gasteiger partial charge in [-0.1, -0.05) is 6.07 Å². The van der Waals surface area contributed by atoms with Crippen molar-refractivity contribution in [3.63, 3.8) is 0 Å². The summed E-state index contributed by atoms with van der Waals surface area (Å²) in [7, 11) is 0. The van der Waals surface area contributed by atoms with Gasteiger partial charge in [0.2, 0.25) is 5.91 Å². The third kappa shape index (κ3) is 3.59. The molecule has 0 spiro atoms. The lowest BCUT2D eigenvalue weighted by Crippen LogP contribution is -2.44. The number of aromatic nitrogens is 3. The van der Waals surface area contributed by atoms with Gasteiger partial charge in [0.25, 0.3) is 0 Å². The first-order valence-corrected chi connectivity index (χ1v) is 9.44. The summed E-state index contributed by atoms with van der Waals surface area (Å²) in [6.45, 7) is 0.333. The fourth-order valence-corrected chi connectivity index (χ4v) is 3.71. The van der Waals surface area contributed by atoms with Gasteiger partial charge in [-0.3, -0.25) is 24.5 Å². The van der Waals surface area contributed by atoms with Crippen LogP contribution in [0.1, 0.15) is 41.2 Å². The number of pyridine rings is 1. The molecule has 1 aliphatic rings. The van der Waals surface area contributed by atoms with E-state index >= 15 is 4.39 Å². The number of nitrogens with one attached hydrogen (secondary N) is 2. The summed E-state index contributed by atoms with van der Waals surface area (Å²) in [5.41, 5.74) is 6.39. The summed E-state index contributed by atoms with van der Waals surface area (Å²) in [4.78, 5) is 42.0. The maximum absolute atomic E-state index is 15.0. The summed E-state index contributed by atoms with van der Waals surface area (Å²) in [6, 6.07) is 4.09. The molecule has 4 rings (SSSR count). The van der Waals surface area contributed by atoms with Crippen LogP contribution < -0.4 is 11.1 Å². The van der Waals surface area contributed by atoms with E-state index in [4.69, 9.17) is 5.73 Å². The molecule has 30 heavy (non-hydrogen) atoms. The van der Waals surface area contributed by atoms with Crippen LogP contribution in [0.3, 0.4) is 0 Å². The highest BCUT2D eigenvalue weighted by molar-refractivity contribution is 6.39. The number of nitrogens with two attached hydrogens (primary N) is 1. The summed E-state index contributed by atoms with van der Waals surface area (Å²) >= 11 is 0. The van der Waals surface area contributed by atoms with Gasteiger partial charge in [-0.2, -0.15) is 5.10 Å². The summed E-state index contributed by atoms with van der Waals surface area (Å²) < 4.78 is 15.0. The minimum absolute atomic E-state index is 0.103. The number of primary amides is 1. The monoisotopic (exact) mass is 410 g/mol. The lowest BCUT2D eigenvalue weighted by molar-refractivity contribution is -0.145. The number of carbonyl (C=O) groups excluding carboxylic acids is 3. The standard InChI is InChI=1S/C20H19FN6O3/c21-17-13(4-5-15-14(17)10-24-26-15)16-3-1-2-6-27(16)20(30)19(29)25-12-7-11(18(22)28)8-23-9-12/h4-5,7-10,16H,1-3,6H2,(H2,22,28)(H,24,26)(H,25,29)/t16-/m0/s1. The minimum atomic E-state index is -0.893. The van der Waals surface area contributed by atoms with Gasteiger partial charge in [0, 0.05) is 18.3 Å². The highest BCUT2D eigenvalue weighted by atomic mass is 19.1. The molecule has 0 aliphatic carbocycles. The number of anilines is 1. The first-order valence-electron chi connectivity index (χ1n) is 9.44. The fourth-order valence-electron chi connectivity index (χ4n) is 3.71. The smallest absolute Gasteiger partial charge is 0.313 e. The number of carbonyl (C=O) groups is 3. The topological polar surface area (TPSA) is 134 Å². The summed E-state index contributed by atoms with van der Waals surface area (Å²) in [5, 5.41) is 9.33. The lowest BCUT2D eigenvalue weighted by atomic mass is 9.93. The Bertz CT molecular complexity index is 1140. The Morgan fingerprint density at radius 3 is 2.83 bits per heavy atom. The van der Waals surface area contributed by atoms with Gasteiger partial charge in [-0.05, 0) is 31.4 Å². The lowest BCUT2D eigenvalue weighted by Gasteiger charge is -2.35. The van der Waals surface area contributed by atoms with Crippen LogP contribution in [0, 0.1) is 5.82 Å². The van der Waals surface area contributed by atoms with Crippen molar-refractivity contribution < 1.29 is 18.8 Å². The molecule has 1 saturated heterocycles.